The summed E-state index contributed by atoms with van der Waals surface area (Å²) in [7, 11) is -1.39. The quantitative estimate of drug-likeness (QED) is 0.723. The van der Waals surface area contributed by atoms with Crippen molar-refractivity contribution in [2.24, 2.45) is 0 Å². The van der Waals surface area contributed by atoms with E-state index in [-0.39, 0.29) is 23.6 Å². The van der Waals surface area contributed by atoms with Crippen LogP contribution in [0.5, 0.6) is 5.75 Å². The van der Waals surface area contributed by atoms with Crippen molar-refractivity contribution in [3.8, 4) is 5.75 Å². The Morgan fingerprint density at radius 3 is 2.67 bits per heavy atom. The van der Waals surface area contributed by atoms with Crippen LogP contribution < -0.4 is 4.74 Å². The fourth-order valence-corrected chi connectivity index (χ4v) is 3.78. The highest BCUT2D eigenvalue weighted by molar-refractivity contribution is 7.84. The van der Waals surface area contributed by atoms with Crippen molar-refractivity contribution in [2.45, 2.75) is 43.6 Å². The SMILES string of the molecule is CC(C)Oc1c(C(=O)c2cnoc2C2CC2)ccc(Cl)c1S(C)=O. The number of hydrogen-bond donors (Lipinski definition) is 0. The van der Waals surface area contributed by atoms with E-state index >= 15 is 0 Å². The zero-order valence-electron chi connectivity index (χ0n) is 13.7. The van der Waals surface area contributed by atoms with Crippen molar-refractivity contribution in [1.29, 1.82) is 0 Å². The highest BCUT2D eigenvalue weighted by Crippen LogP contribution is 2.43. The normalized spacial score (nSPS) is 15.5. The second-order valence-electron chi connectivity index (χ2n) is 6.08. The summed E-state index contributed by atoms with van der Waals surface area (Å²) in [5.74, 6) is 0.890. The number of carbonyl (C=O) groups is 1. The molecule has 0 amide bonds. The van der Waals surface area contributed by atoms with Gasteiger partial charge in [0.25, 0.3) is 0 Å². The molecule has 128 valence electrons. The van der Waals surface area contributed by atoms with Gasteiger partial charge in [0.2, 0.25) is 5.78 Å². The van der Waals surface area contributed by atoms with Crippen molar-refractivity contribution >= 4 is 28.2 Å². The van der Waals surface area contributed by atoms with Crippen molar-refractivity contribution in [2.75, 3.05) is 6.26 Å². The maximum atomic E-state index is 13.0. The Labute approximate surface area is 147 Å². The van der Waals surface area contributed by atoms with Gasteiger partial charge in [-0.3, -0.25) is 9.00 Å². The Morgan fingerprint density at radius 2 is 2.08 bits per heavy atom. The highest BCUT2D eigenvalue weighted by Gasteiger charge is 2.34. The minimum absolute atomic E-state index is 0.192. The zero-order chi connectivity index (χ0) is 17.4. The van der Waals surface area contributed by atoms with Gasteiger partial charge in [-0.2, -0.15) is 0 Å². The summed E-state index contributed by atoms with van der Waals surface area (Å²) in [6.07, 6.45) is 4.75. The molecule has 1 atom stereocenters. The van der Waals surface area contributed by atoms with Gasteiger partial charge >= 0.3 is 0 Å². The zero-order valence-corrected chi connectivity index (χ0v) is 15.2. The predicted molar refractivity (Wildman–Crippen MR) is 91.5 cm³/mol. The molecule has 1 aliphatic rings. The maximum Gasteiger partial charge on any atom is 0.202 e. The summed E-state index contributed by atoms with van der Waals surface area (Å²) < 4.78 is 23.2. The number of hydrogen-bond acceptors (Lipinski definition) is 5. The molecule has 1 fully saturated rings. The molecule has 7 heteroatoms. The van der Waals surface area contributed by atoms with Crippen molar-refractivity contribution in [3.63, 3.8) is 0 Å². The van der Waals surface area contributed by atoms with Crippen LogP contribution in [-0.2, 0) is 10.8 Å². The molecule has 1 aromatic carbocycles. The third kappa shape index (κ3) is 3.26. The van der Waals surface area contributed by atoms with Crippen molar-refractivity contribution < 1.29 is 18.3 Å². The van der Waals surface area contributed by atoms with Crippen molar-refractivity contribution in [3.05, 3.63) is 40.2 Å². The Hall–Kier alpha value is -1.66. The maximum absolute atomic E-state index is 13.0. The number of halogens is 1. The first-order valence-corrected chi connectivity index (χ1v) is 9.65. The fraction of sp³-hybridized carbons (Fsp3) is 0.412. The van der Waals surface area contributed by atoms with Gasteiger partial charge in [-0.05, 0) is 38.8 Å². The van der Waals surface area contributed by atoms with E-state index < -0.39 is 10.8 Å². The van der Waals surface area contributed by atoms with Crippen LogP contribution in [0.15, 0.2) is 27.7 Å². The standard InChI is InChI=1S/C17H18ClNO4S/c1-9(2)22-16-11(6-7-13(18)17(16)24(3)21)14(20)12-8-19-23-15(12)10-4-5-10/h6-10H,4-5H2,1-3H3. The molecule has 0 aliphatic heterocycles. The Kier molecular flexibility index (Phi) is 4.78. The smallest absolute Gasteiger partial charge is 0.202 e. The number of ether oxygens (including phenoxy) is 1. The average molecular weight is 368 g/mol. The molecule has 1 heterocycles. The summed E-state index contributed by atoms with van der Waals surface area (Å²) in [6, 6.07) is 3.17. The summed E-state index contributed by atoms with van der Waals surface area (Å²) >= 11 is 6.19. The van der Waals surface area contributed by atoms with Crippen LogP contribution in [0.3, 0.4) is 0 Å². The van der Waals surface area contributed by atoms with Crippen LogP contribution in [0.2, 0.25) is 5.02 Å². The Bertz CT molecular complexity index is 811. The lowest BCUT2D eigenvalue weighted by molar-refractivity contribution is 0.103. The molecular weight excluding hydrogens is 350 g/mol. The number of aromatic nitrogens is 1. The van der Waals surface area contributed by atoms with Crippen LogP contribution in [0, 0.1) is 0 Å². The first kappa shape index (κ1) is 17.2. The third-order valence-electron chi connectivity index (χ3n) is 3.74. The van der Waals surface area contributed by atoms with Crippen LogP contribution >= 0.6 is 11.6 Å². The van der Waals surface area contributed by atoms with E-state index in [9.17, 15) is 9.00 Å². The minimum Gasteiger partial charge on any atom is -0.489 e. The first-order valence-electron chi connectivity index (χ1n) is 7.72. The van der Waals surface area contributed by atoms with E-state index in [1.807, 2.05) is 13.8 Å². The van der Waals surface area contributed by atoms with Gasteiger partial charge in [-0.15, -0.1) is 0 Å². The number of carbonyl (C=O) groups excluding carboxylic acids is 1. The topological polar surface area (TPSA) is 69.4 Å². The summed E-state index contributed by atoms with van der Waals surface area (Å²) in [4.78, 5) is 13.4. The summed E-state index contributed by atoms with van der Waals surface area (Å²) in [6.45, 7) is 3.68. The van der Waals surface area contributed by atoms with Gasteiger partial charge in [0.05, 0.1) is 44.1 Å². The van der Waals surface area contributed by atoms with E-state index in [0.29, 0.717) is 26.8 Å². The molecule has 3 rings (SSSR count). The van der Waals surface area contributed by atoms with Crippen LogP contribution in [0.4, 0.5) is 0 Å². The Morgan fingerprint density at radius 1 is 1.38 bits per heavy atom. The molecule has 24 heavy (non-hydrogen) atoms. The molecule has 0 saturated heterocycles. The van der Waals surface area contributed by atoms with E-state index in [1.165, 1.54) is 12.5 Å². The lowest BCUT2D eigenvalue weighted by Crippen LogP contribution is -2.14. The second-order valence-corrected chi connectivity index (χ2v) is 7.80. The number of benzene rings is 1. The number of ketones is 1. The van der Waals surface area contributed by atoms with Crippen LogP contribution in [-0.4, -0.2) is 27.5 Å². The summed E-state index contributed by atoms with van der Waals surface area (Å²) in [5.41, 5.74) is 0.754. The molecular formula is C17H18ClNO4S. The van der Waals surface area contributed by atoms with E-state index in [2.05, 4.69) is 5.16 Å². The van der Waals surface area contributed by atoms with Gasteiger partial charge in [-0.1, -0.05) is 16.8 Å². The largest absolute Gasteiger partial charge is 0.489 e. The van der Waals surface area contributed by atoms with Crippen LogP contribution in [0.1, 0.15) is 54.3 Å². The molecule has 0 radical (unpaired) electrons. The Balaban J connectivity index is 2.12. The van der Waals surface area contributed by atoms with E-state index in [1.54, 1.807) is 12.1 Å². The predicted octanol–water partition coefficient (Wildman–Crippen LogP) is 3.96. The fourth-order valence-electron chi connectivity index (χ4n) is 2.54. The highest BCUT2D eigenvalue weighted by atomic mass is 35.5. The van der Waals surface area contributed by atoms with Gasteiger partial charge in [0.15, 0.2) is 5.76 Å². The first-order chi connectivity index (χ1) is 11.4. The van der Waals surface area contributed by atoms with Gasteiger partial charge in [-0.25, -0.2) is 0 Å². The monoisotopic (exact) mass is 367 g/mol. The molecule has 0 bridgehead atoms. The molecule has 1 aromatic heterocycles. The molecule has 0 spiro atoms. The van der Waals surface area contributed by atoms with Gasteiger partial charge < -0.3 is 9.26 Å². The molecule has 0 N–H and O–H groups in total. The third-order valence-corrected chi connectivity index (χ3v) is 5.15. The van der Waals surface area contributed by atoms with Gasteiger partial charge in [0.1, 0.15) is 5.75 Å². The molecule has 5 nitrogen and oxygen atoms in total. The minimum atomic E-state index is -1.39. The molecule has 1 unspecified atom stereocenters. The van der Waals surface area contributed by atoms with Crippen molar-refractivity contribution in [1.82, 2.24) is 5.16 Å². The number of rotatable bonds is 6. The average Bonchev–Trinajstić information content (AvgIpc) is 3.23. The lowest BCUT2D eigenvalue weighted by atomic mass is 10.0. The number of nitrogens with zero attached hydrogens (tertiary/aromatic N) is 1. The summed E-state index contributed by atoms with van der Waals surface area (Å²) in [5, 5.41) is 4.09. The molecule has 1 saturated carbocycles. The van der Waals surface area contributed by atoms with E-state index in [0.717, 1.165) is 12.8 Å². The molecule has 1 aliphatic carbocycles. The van der Waals surface area contributed by atoms with E-state index in [4.69, 9.17) is 20.9 Å². The second kappa shape index (κ2) is 6.69. The van der Waals surface area contributed by atoms with Gasteiger partial charge in [0, 0.05) is 12.2 Å². The molecule has 2 aromatic rings. The lowest BCUT2D eigenvalue weighted by Gasteiger charge is -2.17. The van der Waals surface area contributed by atoms with Crippen LogP contribution in [0.25, 0.3) is 0 Å².